The van der Waals surface area contributed by atoms with Crippen LogP contribution in [0.4, 0.5) is 0 Å². The topological polar surface area (TPSA) is 94.5 Å². The molecule has 7 heteroatoms. The Balaban J connectivity index is 2.02. The van der Waals surface area contributed by atoms with E-state index in [1.165, 1.54) is 0 Å². The second kappa shape index (κ2) is 8.06. The lowest BCUT2D eigenvalue weighted by atomic mass is 9.81. The van der Waals surface area contributed by atoms with Crippen LogP contribution in [0.5, 0.6) is 11.5 Å². The predicted molar refractivity (Wildman–Crippen MR) is 95.7 cm³/mol. The molecule has 144 valence electrons. The van der Waals surface area contributed by atoms with Crippen LogP contribution in [0.25, 0.3) is 0 Å². The van der Waals surface area contributed by atoms with E-state index in [2.05, 4.69) is 0 Å². The van der Waals surface area contributed by atoms with Crippen LogP contribution in [0.3, 0.4) is 0 Å². The highest BCUT2D eigenvalue weighted by molar-refractivity contribution is 5.81. The molecule has 1 aliphatic heterocycles. The number of ether oxygens (including phenoxy) is 4. The van der Waals surface area contributed by atoms with Crippen molar-refractivity contribution in [1.82, 2.24) is 0 Å². The molecule has 0 unspecified atom stereocenters. The molecule has 0 amide bonds. The van der Waals surface area contributed by atoms with Gasteiger partial charge in [0, 0.05) is 0 Å². The average molecular weight is 374 g/mol. The number of rotatable bonds is 6. The van der Waals surface area contributed by atoms with Gasteiger partial charge in [0.1, 0.15) is 36.4 Å². The highest BCUT2D eigenvalue weighted by atomic mass is 16.7. The van der Waals surface area contributed by atoms with Crippen molar-refractivity contribution >= 4 is 5.78 Å². The number of ketones is 1. The summed E-state index contributed by atoms with van der Waals surface area (Å²) in [6.07, 6.45) is -2.63. The Morgan fingerprint density at radius 1 is 0.926 bits per heavy atom. The molecular formula is C20H22O7. The van der Waals surface area contributed by atoms with Crippen molar-refractivity contribution in [2.75, 3.05) is 27.4 Å². The summed E-state index contributed by atoms with van der Waals surface area (Å²) >= 11 is 0. The minimum Gasteiger partial charge on any atom is -0.497 e. The third-order valence-corrected chi connectivity index (χ3v) is 4.56. The standard InChI is InChI=1S/C20H22O7/c1-24-16-7-3-13(4-8-16)20(23,14-5-9-17(25-2)10-6-14)18(22)19-26-11-15(21)12-27-19/h3-10,18-19,22-23H,11-12H2,1-2H3/t18-/m1/s1. The minimum absolute atomic E-state index is 0.178. The highest BCUT2D eigenvalue weighted by Crippen LogP contribution is 2.37. The first-order chi connectivity index (χ1) is 13.0. The van der Waals surface area contributed by atoms with Crippen LogP contribution < -0.4 is 9.47 Å². The quantitative estimate of drug-likeness (QED) is 0.786. The molecule has 27 heavy (non-hydrogen) atoms. The van der Waals surface area contributed by atoms with Crippen molar-refractivity contribution in [1.29, 1.82) is 0 Å². The van der Waals surface area contributed by atoms with E-state index < -0.39 is 18.0 Å². The number of hydrogen-bond acceptors (Lipinski definition) is 7. The van der Waals surface area contributed by atoms with Crippen LogP contribution in [-0.2, 0) is 19.9 Å². The fourth-order valence-corrected chi connectivity index (χ4v) is 3.02. The Morgan fingerprint density at radius 3 is 1.70 bits per heavy atom. The average Bonchev–Trinajstić information content (AvgIpc) is 2.73. The second-order valence-electron chi connectivity index (χ2n) is 6.20. The van der Waals surface area contributed by atoms with Gasteiger partial charge in [-0.2, -0.15) is 0 Å². The molecule has 2 aromatic carbocycles. The summed E-state index contributed by atoms with van der Waals surface area (Å²) in [7, 11) is 3.08. The first kappa shape index (κ1) is 19.3. The zero-order valence-electron chi connectivity index (χ0n) is 15.1. The van der Waals surface area contributed by atoms with Crippen molar-refractivity contribution in [3.05, 3.63) is 59.7 Å². The fourth-order valence-electron chi connectivity index (χ4n) is 3.02. The van der Waals surface area contributed by atoms with E-state index in [1.54, 1.807) is 62.8 Å². The number of Topliss-reactive ketones (excluding diaryl/α,β-unsaturated/α-hetero) is 1. The van der Waals surface area contributed by atoms with E-state index >= 15 is 0 Å². The Bertz CT molecular complexity index is 712. The SMILES string of the molecule is COc1ccc(C(O)(c2ccc(OC)cc2)[C@H](O)C2OCC(=O)CO2)cc1. The summed E-state index contributed by atoms with van der Waals surface area (Å²) in [5, 5.41) is 22.6. The highest BCUT2D eigenvalue weighted by Gasteiger charge is 2.46. The van der Waals surface area contributed by atoms with E-state index in [-0.39, 0.29) is 19.0 Å². The largest absolute Gasteiger partial charge is 0.497 e. The number of aliphatic hydroxyl groups is 2. The number of hydrogen-bond donors (Lipinski definition) is 2. The molecule has 1 heterocycles. The lowest BCUT2D eigenvalue weighted by molar-refractivity contribution is -0.246. The minimum atomic E-state index is -1.84. The lowest BCUT2D eigenvalue weighted by Crippen LogP contribution is -2.52. The van der Waals surface area contributed by atoms with Gasteiger partial charge in [0.05, 0.1) is 14.2 Å². The van der Waals surface area contributed by atoms with Crippen LogP contribution in [-0.4, -0.2) is 55.8 Å². The van der Waals surface area contributed by atoms with Gasteiger partial charge in [-0.05, 0) is 35.4 Å². The molecule has 0 saturated carbocycles. The molecule has 7 nitrogen and oxygen atoms in total. The monoisotopic (exact) mass is 374 g/mol. The zero-order chi connectivity index (χ0) is 19.4. The van der Waals surface area contributed by atoms with Gasteiger partial charge in [-0.3, -0.25) is 4.79 Å². The van der Waals surface area contributed by atoms with Gasteiger partial charge >= 0.3 is 0 Å². The Morgan fingerprint density at radius 2 is 1.33 bits per heavy atom. The fraction of sp³-hybridized carbons (Fsp3) is 0.350. The van der Waals surface area contributed by atoms with Crippen LogP contribution in [0.1, 0.15) is 11.1 Å². The zero-order valence-corrected chi connectivity index (χ0v) is 15.1. The van der Waals surface area contributed by atoms with Gasteiger partial charge in [0.2, 0.25) is 0 Å². The molecule has 0 bridgehead atoms. The van der Waals surface area contributed by atoms with E-state index in [1.807, 2.05) is 0 Å². The molecule has 0 radical (unpaired) electrons. The maximum absolute atomic E-state index is 11.6. The molecule has 1 atom stereocenters. The third kappa shape index (κ3) is 3.81. The third-order valence-electron chi connectivity index (χ3n) is 4.56. The predicted octanol–water partition coefficient (Wildman–Crippen LogP) is 1.24. The Kier molecular flexibility index (Phi) is 5.76. The summed E-state index contributed by atoms with van der Waals surface area (Å²) in [4.78, 5) is 11.3. The van der Waals surface area contributed by atoms with Crippen LogP contribution in [0.15, 0.2) is 48.5 Å². The van der Waals surface area contributed by atoms with Gasteiger partial charge < -0.3 is 29.2 Å². The van der Waals surface area contributed by atoms with Crippen molar-refractivity contribution in [2.24, 2.45) is 0 Å². The number of benzene rings is 2. The van der Waals surface area contributed by atoms with E-state index in [0.717, 1.165) is 0 Å². The molecule has 2 N–H and O–H groups in total. The lowest BCUT2D eigenvalue weighted by Gasteiger charge is -2.38. The van der Waals surface area contributed by atoms with Gasteiger partial charge in [-0.25, -0.2) is 0 Å². The van der Waals surface area contributed by atoms with Crippen molar-refractivity contribution in [3.8, 4) is 11.5 Å². The molecule has 1 fully saturated rings. The molecular weight excluding hydrogens is 352 g/mol. The molecule has 1 aliphatic rings. The number of carbonyl (C=O) groups is 1. The molecule has 0 aromatic heterocycles. The van der Waals surface area contributed by atoms with Gasteiger partial charge in [0.15, 0.2) is 12.1 Å². The van der Waals surface area contributed by atoms with Crippen LogP contribution in [0.2, 0.25) is 0 Å². The molecule has 3 rings (SSSR count). The van der Waals surface area contributed by atoms with Crippen molar-refractivity contribution in [3.63, 3.8) is 0 Å². The summed E-state index contributed by atoms with van der Waals surface area (Å²) in [5.74, 6) is 0.998. The number of methoxy groups -OCH3 is 2. The Labute approximate surface area is 157 Å². The van der Waals surface area contributed by atoms with Gasteiger partial charge in [0.25, 0.3) is 0 Å². The van der Waals surface area contributed by atoms with Crippen LogP contribution in [0, 0.1) is 0 Å². The van der Waals surface area contributed by atoms with Crippen molar-refractivity contribution < 1.29 is 34.0 Å². The summed E-state index contributed by atoms with van der Waals surface area (Å²) in [6, 6.07) is 13.3. The van der Waals surface area contributed by atoms with Crippen molar-refractivity contribution in [2.45, 2.75) is 18.0 Å². The summed E-state index contributed by atoms with van der Waals surface area (Å²) in [6.45, 7) is -0.355. The normalized spacial score (nSPS) is 16.8. The molecule has 2 aromatic rings. The van der Waals surface area contributed by atoms with E-state index in [0.29, 0.717) is 22.6 Å². The van der Waals surface area contributed by atoms with Crippen LogP contribution >= 0.6 is 0 Å². The van der Waals surface area contributed by atoms with Gasteiger partial charge in [-0.15, -0.1) is 0 Å². The maximum atomic E-state index is 11.6. The molecule has 0 aliphatic carbocycles. The first-order valence-corrected chi connectivity index (χ1v) is 8.43. The van der Waals surface area contributed by atoms with E-state index in [9.17, 15) is 15.0 Å². The molecule has 0 spiro atoms. The summed E-state index contributed by atoms with van der Waals surface area (Å²) < 4.78 is 20.9. The Hall–Kier alpha value is -2.45. The second-order valence-corrected chi connectivity index (χ2v) is 6.20. The number of aliphatic hydroxyl groups excluding tert-OH is 1. The maximum Gasteiger partial charge on any atom is 0.188 e. The van der Waals surface area contributed by atoms with Gasteiger partial charge in [-0.1, -0.05) is 24.3 Å². The smallest absolute Gasteiger partial charge is 0.188 e. The summed E-state index contributed by atoms with van der Waals surface area (Å²) in [5.41, 5.74) is -1.00. The first-order valence-electron chi connectivity index (χ1n) is 8.43. The van der Waals surface area contributed by atoms with E-state index in [4.69, 9.17) is 18.9 Å². The number of carbonyl (C=O) groups excluding carboxylic acids is 1. The molecule has 1 saturated heterocycles.